The summed E-state index contributed by atoms with van der Waals surface area (Å²) in [5.41, 5.74) is 0.416. The zero-order chi connectivity index (χ0) is 19.3. The fourth-order valence-electron chi connectivity index (χ4n) is 2.79. The Morgan fingerprint density at radius 3 is 2.73 bits per heavy atom. The smallest absolute Gasteiger partial charge is 0.191 e. The molecule has 0 spiro atoms. The largest absolute Gasteiger partial charge is 0.367 e. The fraction of sp³-hybridized carbons (Fsp3) is 0.611. The molecule has 2 atom stereocenters. The van der Waals surface area contributed by atoms with Gasteiger partial charge in [0.15, 0.2) is 5.96 Å². The SMILES string of the molecule is CN=C(NCCS(=O)C(C)(C)C)NC1CCN(c2ccc(F)cc2F)C1. The Labute approximate surface area is 156 Å². The van der Waals surface area contributed by atoms with E-state index in [4.69, 9.17) is 0 Å². The molecule has 26 heavy (non-hydrogen) atoms. The molecule has 2 rings (SSSR count). The van der Waals surface area contributed by atoms with Gasteiger partial charge in [-0.05, 0) is 39.3 Å². The van der Waals surface area contributed by atoms with Crippen LogP contribution in [-0.4, -0.2) is 53.4 Å². The average molecular weight is 387 g/mol. The van der Waals surface area contributed by atoms with Crippen molar-refractivity contribution in [3.63, 3.8) is 0 Å². The Balaban J connectivity index is 1.83. The van der Waals surface area contributed by atoms with Gasteiger partial charge in [-0.15, -0.1) is 0 Å². The molecule has 1 fully saturated rings. The zero-order valence-corrected chi connectivity index (χ0v) is 16.6. The Morgan fingerprint density at radius 1 is 1.38 bits per heavy atom. The van der Waals surface area contributed by atoms with Gasteiger partial charge in [-0.1, -0.05) is 0 Å². The number of halogens is 2. The lowest BCUT2D eigenvalue weighted by atomic mass is 10.2. The first-order valence-corrected chi connectivity index (χ1v) is 10.1. The van der Waals surface area contributed by atoms with E-state index < -0.39 is 22.4 Å². The van der Waals surface area contributed by atoms with Gasteiger partial charge in [0.05, 0.1) is 5.69 Å². The highest BCUT2D eigenvalue weighted by Crippen LogP contribution is 2.24. The second-order valence-corrected chi connectivity index (χ2v) is 9.66. The van der Waals surface area contributed by atoms with Crippen molar-refractivity contribution in [3.05, 3.63) is 29.8 Å². The third-order valence-corrected chi connectivity index (χ3v) is 6.21. The van der Waals surface area contributed by atoms with Crippen LogP contribution in [0.25, 0.3) is 0 Å². The molecule has 1 aliphatic rings. The summed E-state index contributed by atoms with van der Waals surface area (Å²) < 4.78 is 38.8. The highest BCUT2D eigenvalue weighted by molar-refractivity contribution is 7.86. The predicted octanol–water partition coefficient (Wildman–Crippen LogP) is 2.26. The van der Waals surface area contributed by atoms with Gasteiger partial charge in [-0.3, -0.25) is 9.20 Å². The topological polar surface area (TPSA) is 56.7 Å². The molecule has 0 saturated carbocycles. The van der Waals surface area contributed by atoms with Gasteiger partial charge in [0, 0.05) is 60.1 Å². The van der Waals surface area contributed by atoms with E-state index in [1.807, 2.05) is 25.7 Å². The number of aliphatic imine (C=N–C) groups is 1. The minimum absolute atomic E-state index is 0.110. The van der Waals surface area contributed by atoms with Crippen LogP contribution in [0.5, 0.6) is 0 Å². The molecule has 8 heteroatoms. The van der Waals surface area contributed by atoms with Crippen LogP contribution < -0.4 is 15.5 Å². The summed E-state index contributed by atoms with van der Waals surface area (Å²) >= 11 is 0. The van der Waals surface area contributed by atoms with Crippen LogP contribution in [0, 0.1) is 11.6 Å². The van der Waals surface area contributed by atoms with Crippen molar-refractivity contribution in [1.29, 1.82) is 0 Å². The van der Waals surface area contributed by atoms with Crippen LogP contribution in [-0.2, 0) is 10.8 Å². The molecule has 0 amide bonds. The summed E-state index contributed by atoms with van der Waals surface area (Å²) in [6.45, 7) is 7.72. The highest BCUT2D eigenvalue weighted by Gasteiger charge is 2.25. The van der Waals surface area contributed by atoms with E-state index in [0.717, 1.165) is 12.5 Å². The summed E-state index contributed by atoms with van der Waals surface area (Å²) in [6.07, 6.45) is 0.825. The predicted molar refractivity (Wildman–Crippen MR) is 104 cm³/mol. The standard InChI is InChI=1S/C18H28F2N4OS/c1-18(2,3)26(25)10-8-22-17(21-4)23-14-7-9-24(12-14)16-6-5-13(19)11-15(16)20/h5-6,11,14H,7-10,12H2,1-4H3,(H2,21,22,23). The van der Waals surface area contributed by atoms with Crippen LogP contribution in [0.4, 0.5) is 14.5 Å². The van der Waals surface area contributed by atoms with Crippen molar-refractivity contribution in [2.24, 2.45) is 4.99 Å². The van der Waals surface area contributed by atoms with Crippen molar-refractivity contribution < 1.29 is 13.0 Å². The Hall–Kier alpha value is -1.70. The molecule has 1 heterocycles. The lowest BCUT2D eigenvalue weighted by molar-refractivity contribution is 0.580. The number of benzene rings is 1. The first-order chi connectivity index (χ1) is 12.2. The van der Waals surface area contributed by atoms with Crippen LogP contribution in [0.2, 0.25) is 0 Å². The van der Waals surface area contributed by atoms with E-state index in [9.17, 15) is 13.0 Å². The van der Waals surface area contributed by atoms with Gasteiger partial charge in [-0.25, -0.2) is 8.78 Å². The molecular weight excluding hydrogens is 358 g/mol. The molecular formula is C18H28F2N4OS. The zero-order valence-electron chi connectivity index (χ0n) is 15.8. The second-order valence-electron chi connectivity index (χ2n) is 7.33. The molecule has 0 radical (unpaired) electrons. The van der Waals surface area contributed by atoms with Gasteiger partial charge in [0.2, 0.25) is 0 Å². The third-order valence-electron chi connectivity index (χ3n) is 4.27. The van der Waals surface area contributed by atoms with Gasteiger partial charge in [0.1, 0.15) is 11.6 Å². The maximum absolute atomic E-state index is 13.9. The van der Waals surface area contributed by atoms with E-state index in [0.29, 0.717) is 37.0 Å². The quantitative estimate of drug-likeness (QED) is 0.602. The first-order valence-electron chi connectivity index (χ1n) is 8.76. The maximum Gasteiger partial charge on any atom is 0.191 e. The molecule has 0 aliphatic carbocycles. The molecule has 2 N–H and O–H groups in total. The van der Waals surface area contributed by atoms with E-state index in [-0.39, 0.29) is 10.8 Å². The highest BCUT2D eigenvalue weighted by atomic mass is 32.2. The van der Waals surface area contributed by atoms with Crippen molar-refractivity contribution in [3.8, 4) is 0 Å². The summed E-state index contributed by atoms with van der Waals surface area (Å²) in [5.74, 6) is 0.0689. The number of nitrogens with zero attached hydrogens (tertiary/aromatic N) is 2. The van der Waals surface area contributed by atoms with Crippen molar-refractivity contribution in [2.45, 2.75) is 38.0 Å². The fourth-order valence-corrected chi connectivity index (χ4v) is 3.69. The average Bonchev–Trinajstić information content (AvgIpc) is 3.01. The molecule has 1 aliphatic heterocycles. The first kappa shape index (κ1) is 20.6. The molecule has 146 valence electrons. The molecule has 0 bridgehead atoms. The number of hydrogen-bond acceptors (Lipinski definition) is 3. The normalized spacial score (nSPS) is 19.5. The number of anilines is 1. The van der Waals surface area contributed by atoms with Crippen LogP contribution in [0.1, 0.15) is 27.2 Å². The van der Waals surface area contributed by atoms with Gasteiger partial charge >= 0.3 is 0 Å². The molecule has 2 unspecified atom stereocenters. The minimum atomic E-state index is -0.921. The number of nitrogens with one attached hydrogen (secondary N) is 2. The number of hydrogen-bond donors (Lipinski definition) is 2. The lowest BCUT2D eigenvalue weighted by Gasteiger charge is -2.21. The van der Waals surface area contributed by atoms with Crippen LogP contribution in [0.3, 0.4) is 0 Å². The molecule has 0 aromatic heterocycles. The number of rotatable bonds is 5. The van der Waals surface area contributed by atoms with E-state index in [1.54, 1.807) is 7.05 Å². The summed E-state index contributed by atoms with van der Waals surface area (Å²) in [4.78, 5) is 6.09. The van der Waals surface area contributed by atoms with Crippen LogP contribution >= 0.6 is 0 Å². The molecule has 1 aromatic rings. The number of guanidine groups is 1. The maximum atomic E-state index is 13.9. The van der Waals surface area contributed by atoms with E-state index in [1.165, 1.54) is 12.1 Å². The van der Waals surface area contributed by atoms with Crippen molar-refractivity contribution in [1.82, 2.24) is 10.6 Å². The summed E-state index contributed by atoms with van der Waals surface area (Å²) in [6, 6.07) is 3.77. The molecule has 1 aromatic carbocycles. The van der Waals surface area contributed by atoms with Gasteiger partial charge in [-0.2, -0.15) is 0 Å². The van der Waals surface area contributed by atoms with Crippen molar-refractivity contribution in [2.75, 3.05) is 37.3 Å². The third kappa shape index (κ3) is 5.65. The van der Waals surface area contributed by atoms with Crippen molar-refractivity contribution >= 4 is 22.4 Å². The summed E-state index contributed by atoms with van der Waals surface area (Å²) in [5, 5.41) is 6.49. The van der Waals surface area contributed by atoms with E-state index in [2.05, 4.69) is 15.6 Å². The molecule has 1 saturated heterocycles. The lowest BCUT2D eigenvalue weighted by Crippen LogP contribution is -2.46. The van der Waals surface area contributed by atoms with Crippen LogP contribution in [0.15, 0.2) is 23.2 Å². The monoisotopic (exact) mass is 386 g/mol. The van der Waals surface area contributed by atoms with Gasteiger partial charge in [0.25, 0.3) is 0 Å². The molecule has 5 nitrogen and oxygen atoms in total. The van der Waals surface area contributed by atoms with E-state index >= 15 is 0 Å². The second kappa shape index (κ2) is 8.79. The Bertz CT molecular complexity index is 676. The Morgan fingerprint density at radius 2 is 2.12 bits per heavy atom. The summed E-state index contributed by atoms with van der Waals surface area (Å²) in [7, 11) is 0.762. The minimum Gasteiger partial charge on any atom is -0.367 e. The Kier molecular flexibility index (Phi) is 6.97. The van der Waals surface area contributed by atoms with Gasteiger partial charge < -0.3 is 15.5 Å².